The van der Waals surface area contributed by atoms with Crippen molar-refractivity contribution in [3.05, 3.63) is 29.8 Å². The first-order valence-corrected chi connectivity index (χ1v) is 5.74. The van der Waals surface area contributed by atoms with Gasteiger partial charge in [0.25, 0.3) is 0 Å². The summed E-state index contributed by atoms with van der Waals surface area (Å²) < 4.78 is 37.2. The molecule has 1 aliphatic heterocycles. The quantitative estimate of drug-likeness (QED) is 0.848. The van der Waals surface area contributed by atoms with Gasteiger partial charge in [-0.05, 0) is 30.7 Å². The molecule has 1 heterocycles. The molecule has 1 aromatic rings. The maximum atomic E-state index is 12.4. The van der Waals surface area contributed by atoms with Crippen LogP contribution in [0.3, 0.4) is 0 Å². The Kier molecular flexibility index (Phi) is 3.77. The fraction of sp³-hybridized carbons (Fsp3) is 0.500. The van der Waals surface area contributed by atoms with Crippen LogP contribution in [0.1, 0.15) is 12.0 Å². The molecule has 3 nitrogen and oxygen atoms in total. The predicted molar refractivity (Wildman–Crippen MR) is 61.9 cm³/mol. The van der Waals surface area contributed by atoms with Gasteiger partial charge in [0.2, 0.25) is 0 Å². The van der Waals surface area contributed by atoms with Crippen LogP contribution in [-0.2, 0) is 11.0 Å². The second-order valence-corrected chi connectivity index (χ2v) is 4.48. The van der Waals surface area contributed by atoms with Crippen LogP contribution in [0.4, 0.5) is 18.9 Å². The first-order chi connectivity index (χ1) is 8.50. The van der Waals surface area contributed by atoms with Crippen molar-refractivity contribution in [3.63, 3.8) is 0 Å². The van der Waals surface area contributed by atoms with Crippen LogP contribution < -0.4 is 10.8 Å². The van der Waals surface area contributed by atoms with Gasteiger partial charge in [-0.15, -0.1) is 0 Å². The van der Waals surface area contributed by atoms with Crippen molar-refractivity contribution in [2.75, 3.05) is 24.6 Å². The van der Waals surface area contributed by atoms with E-state index in [0.29, 0.717) is 12.5 Å². The van der Waals surface area contributed by atoms with Crippen LogP contribution in [0.25, 0.3) is 0 Å². The number of anilines is 1. The van der Waals surface area contributed by atoms with Crippen LogP contribution in [0.2, 0.25) is 0 Å². The topological polar surface area (TPSA) is 38.5 Å². The molecular weight excluding hydrogens is 245 g/mol. The number of halogens is 3. The van der Waals surface area contributed by atoms with Gasteiger partial charge in [0.05, 0.1) is 12.2 Å². The molecule has 1 unspecified atom stereocenters. The number of nitrogens with zero attached hydrogens (tertiary/aromatic N) is 1. The molecule has 0 spiro atoms. The molecule has 0 amide bonds. The summed E-state index contributed by atoms with van der Waals surface area (Å²) in [6, 6.07) is 5.24. The zero-order valence-electron chi connectivity index (χ0n) is 9.78. The molecule has 2 rings (SSSR count). The lowest BCUT2D eigenvalue weighted by molar-refractivity contribution is -0.137. The van der Waals surface area contributed by atoms with Gasteiger partial charge in [0, 0.05) is 24.7 Å². The van der Waals surface area contributed by atoms with E-state index in [9.17, 15) is 13.2 Å². The molecule has 1 saturated heterocycles. The molecule has 1 aromatic carbocycles. The third kappa shape index (κ3) is 2.94. The average Bonchev–Trinajstić information content (AvgIpc) is 2.77. The first-order valence-electron chi connectivity index (χ1n) is 5.74. The molecular formula is C12H15F3N2O. The van der Waals surface area contributed by atoms with Crippen molar-refractivity contribution in [2.45, 2.75) is 12.6 Å². The predicted octanol–water partition coefficient (Wildman–Crippen LogP) is 2.42. The summed E-state index contributed by atoms with van der Waals surface area (Å²) in [5.74, 6) is 5.36. The fourth-order valence-corrected chi connectivity index (χ4v) is 2.20. The second kappa shape index (κ2) is 5.16. The Hall–Kier alpha value is -1.27. The van der Waals surface area contributed by atoms with E-state index in [1.165, 1.54) is 12.1 Å². The standard InChI is InChI=1S/C12H15F3N2O/c13-12(14,15)10-1-3-11(4-2-10)17-6-5-9(7-17)8-18-16/h1-4,9H,5-8,16H2. The number of benzene rings is 1. The Morgan fingerprint density at radius 3 is 2.50 bits per heavy atom. The highest BCUT2D eigenvalue weighted by atomic mass is 19.4. The van der Waals surface area contributed by atoms with E-state index in [1.807, 2.05) is 4.90 Å². The zero-order chi connectivity index (χ0) is 13.2. The molecule has 0 radical (unpaired) electrons. The molecule has 0 aromatic heterocycles. The Bertz CT molecular complexity index is 391. The summed E-state index contributed by atoms with van der Waals surface area (Å²) in [5, 5.41) is 0. The minimum absolute atomic E-state index is 0.345. The lowest BCUT2D eigenvalue weighted by atomic mass is 10.1. The van der Waals surface area contributed by atoms with E-state index >= 15 is 0 Å². The lowest BCUT2D eigenvalue weighted by Crippen LogP contribution is -2.22. The van der Waals surface area contributed by atoms with E-state index in [2.05, 4.69) is 4.84 Å². The highest BCUT2D eigenvalue weighted by Crippen LogP contribution is 2.31. The molecule has 0 aliphatic carbocycles. The van der Waals surface area contributed by atoms with Crippen molar-refractivity contribution in [3.8, 4) is 0 Å². The van der Waals surface area contributed by atoms with E-state index in [4.69, 9.17) is 5.90 Å². The molecule has 0 saturated carbocycles. The monoisotopic (exact) mass is 260 g/mol. The van der Waals surface area contributed by atoms with E-state index in [1.54, 1.807) is 0 Å². The number of hydrogen-bond acceptors (Lipinski definition) is 3. The molecule has 1 fully saturated rings. The van der Waals surface area contributed by atoms with Crippen molar-refractivity contribution in [1.82, 2.24) is 0 Å². The van der Waals surface area contributed by atoms with Gasteiger partial charge in [-0.3, -0.25) is 0 Å². The third-order valence-corrected chi connectivity index (χ3v) is 3.18. The third-order valence-electron chi connectivity index (χ3n) is 3.18. The van der Waals surface area contributed by atoms with Crippen LogP contribution >= 0.6 is 0 Å². The largest absolute Gasteiger partial charge is 0.416 e. The van der Waals surface area contributed by atoms with E-state index in [0.717, 1.165) is 37.3 Å². The molecule has 1 aliphatic rings. The molecule has 100 valence electrons. The summed E-state index contributed by atoms with van der Waals surface area (Å²) in [6.07, 6.45) is -3.34. The number of alkyl halides is 3. The summed E-state index contributed by atoms with van der Waals surface area (Å²) in [6.45, 7) is 2.07. The Morgan fingerprint density at radius 2 is 1.94 bits per heavy atom. The Balaban J connectivity index is 2.03. The van der Waals surface area contributed by atoms with Gasteiger partial charge in [-0.2, -0.15) is 13.2 Å². The normalized spacial score (nSPS) is 20.4. The van der Waals surface area contributed by atoms with Crippen molar-refractivity contribution in [1.29, 1.82) is 0 Å². The average molecular weight is 260 g/mol. The molecule has 1 atom stereocenters. The van der Waals surface area contributed by atoms with Gasteiger partial charge >= 0.3 is 6.18 Å². The zero-order valence-corrected chi connectivity index (χ0v) is 9.78. The molecule has 18 heavy (non-hydrogen) atoms. The maximum absolute atomic E-state index is 12.4. The van der Waals surface area contributed by atoms with Gasteiger partial charge in [0.1, 0.15) is 0 Å². The SMILES string of the molecule is NOCC1CCN(c2ccc(C(F)(F)F)cc2)C1. The molecule has 6 heteroatoms. The van der Waals surface area contributed by atoms with Gasteiger partial charge in [-0.1, -0.05) is 0 Å². The second-order valence-electron chi connectivity index (χ2n) is 4.48. The van der Waals surface area contributed by atoms with Crippen LogP contribution in [0.5, 0.6) is 0 Å². The highest BCUT2D eigenvalue weighted by Gasteiger charge is 2.30. The van der Waals surface area contributed by atoms with Gasteiger partial charge in [0.15, 0.2) is 0 Å². The van der Waals surface area contributed by atoms with Gasteiger partial charge < -0.3 is 9.74 Å². The van der Waals surface area contributed by atoms with Crippen molar-refractivity contribution >= 4 is 5.69 Å². The Morgan fingerprint density at radius 1 is 1.28 bits per heavy atom. The summed E-state index contributed by atoms with van der Waals surface area (Å²) in [5.41, 5.74) is 0.190. The molecule has 0 bridgehead atoms. The lowest BCUT2D eigenvalue weighted by Gasteiger charge is -2.19. The number of nitrogens with two attached hydrogens (primary N) is 1. The van der Waals surface area contributed by atoms with E-state index in [-0.39, 0.29) is 0 Å². The minimum Gasteiger partial charge on any atom is -0.371 e. The molecule has 2 N–H and O–H groups in total. The first kappa shape index (κ1) is 13.2. The van der Waals surface area contributed by atoms with Crippen LogP contribution in [0.15, 0.2) is 24.3 Å². The van der Waals surface area contributed by atoms with Gasteiger partial charge in [-0.25, -0.2) is 5.90 Å². The minimum atomic E-state index is -4.28. The van der Waals surface area contributed by atoms with Crippen LogP contribution in [-0.4, -0.2) is 19.7 Å². The van der Waals surface area contributed by atoms with Crippen molar-refractivity contribution in [2.24, 2.45) is 11.8 Å². The fourth-order valence-electron chi connectivity index (χ4n) is 2.20. The Labute approximate surface area is 103 Å². The highest BCUT2D eigenvalue weighted by molar-refractivity contribution is 5.48. The maximum Gasteiger partial charge on any atom is 0.416 e. The summed E-state index contributed by atoms with van der Waals surface area (Å²) >= 11 is 0. The number of rotatable bonds is 3. The summed E-state index contributed by atoms with van der Waals surface area (Å²) in [7, 11) is 0. The smallest absolute Gasteiger partial charge is 0.371 e. The van der Waals surface area contributed by atoms with Crippen molar-refractivity contribution < 1.29 is 18.0 Å². The summed E-state index contributed by atoms with van der Waals surface area (Å²) in [4.78, 5) is 6.64. The van der Waals surface area contributed by atoms with E-state index < -0.39 is 11.7 Å². The number of hydrogen-bond donors (Lipinski definition) is 1. The van der Waals surface area contributed by atoms with Crippen LogP contribution in [0, 0.1) is 5.92 Å².